The van der Waals surface area contributed by atoms with Crippen molar-refractivity contribution in [3.8, 4) is 11.6 Å². The Morgan fingerprint density at radius 1 is 1.42 bits per heavy atom. The van der Waals surface area contributed by atoms with Gasteiger partial charge in [-0.05, 0) is 54.0 Å². The molecule has 19 heavy (non-hydrogen) atoms. The van der Waals surface area contributed by atoms with Gasteiger partial charge in [0, 0.05) is 17.8 Å². The molecule has 102 valence electrons. The molecule has 1 heterocycles. The average molecular weight is 324 g/mol. The third kappa shape index (κ3) is 3.58. The van der Waals surface area contributed by atoms with E-state index in [-0.39, 0.29) is 0 Å². The summed E-state index contributed by atoms with van der Waals surface area (Å²) in [5.41, 5.74) is 2.20. The number of nitrogens with one attached hydrogen (secondary N) is 2. The van der Waals surface area contributed by atoms with Crippen LogP contribution in [0, 0.1) is 6.92 Å². The van der Waals surface area contributed by atoms with Crippen molar-refractivity contribution in [1.82, 2.24) is 15.5 Å². The highest BCUT2D eigenvalue weighted by molar-refractivity contribution is 9.10. The van der Waals surface area contributed by atoms with Crippen molar-refractivity contribution in [3.05, 3.63) is 40.0 Å². The molecule has 2 N–H and O–H groups in total. The zero-order chi connectivity index (χ0) is 13.8. The summed E-state index contributed by atoms with van der Waals surface area (Å²) in [5, 5.41) is 10.3. The van der Waals surface area contributed by atoms with E-state index in [4.69, 9.17) is 4.74 Å². The number of hydrogen-bond donors (Lipinski definition) is 2. The molecular weight excluding hydrogens is 306 g/mol. The van der Waals surface area contributed by atoms with Crippen molar-refractivity contribution >= 4 is 15.9 Å². The average Bonchev–Trinajstić information content (AvgIpc) is 2.78. The molecule has 2 rings (SSSR count). The molecule has 2 aromatic rings. The van der Waals surface area contributed by atoms with Crippen molar-refractivity contribution in [2.75, 3.05) is 6.54 Å². The van der Waals surface area contributed by atoms with Crippen molar-refractivity contribution < 1.29 is 4.74 Å². The molecule has 4 nitrogen and oxygen atoms in total. The topological polar surface area (TPSA) is 49.9 Å². The lowest BCUT2D eigenvalue weighted by molar-refractivity contribution is 0.458. The molecule has 0 bridgehead atoms. The van der Waals surface area contributed by atoms with E-state index in [1.807, 2.05) is 19.1 Å². The number of ether oxygens (including phenoxy) is 1. The van der Waals surface area contributed by atoms with Gasteiger partial charge < -0.3 is 10.1 Å². The van der Waals surface area contributed by atoms with E-state index in [0.29, 0.717) is 11.9 Å². The lowest BCUT2D eigenvalue weighted by atomic mass is 10.1. The summed E-state index contributed by atoms with van der Waals surface area (Å²) < 4.78 is 6.64. The number of benzene rings is 1. The van der Waals surface area contributed by atoms with Gasteiger partial charge in [0.25, 0.3) is 0 Å². The Morgan fingerprint density at radius 2 is 2.21 bits per heavy atom. The van der Waals surface area contributed by atoms with Crippen LogP contribution < -0.4 is 10.1 Å². The van der Waals surface area contributed by atoms with E-state index in [9.17, 15) is 0 Å². The van der Waals surface area contributed by atoms with E-state index in [1.54, 1.807) is 0 Å². The minimum atomic E-state index is 0.322. The van der Waals surface area contributed by atoms with Crippen LogP contribution in [0.25, 0.3) is 0 Å². The maximum absolute atomic E-state index is 5.72. The molecule has 0 saturated heterocycles. The van der Waals surface area contributed by atoms with Crippen molar-refractivity contribution in [2.24, 2.45) is 0 Å². The standard InChI is InChI=1S/C14H18BrN3O/c1-4-16-10(3)11-5-6-13(12(15)8-11)19-14-7-9(2)17-18-14/h5-8,10,16H,4H2,1-3H3,(H,17,18). The van der Waals surface area contributed by atoms with Crippen molar-refractivity contribution in [1.29, 1.82) is 0 Å². The normalized spacial score (nSPS) is 12.4. The second-order valence-corrected chi connectivity index (χ2v) is 5.31. The largest absolute Gasteiger partial charge is 0.436 e. The second kappa shape index (κ2) is 6.21. The van der Waals surface area contributed by atoms with Crippen LogP contribution in [0.3, 0.4) is 0 Å². The van der Waals surface area contributed by atoms with Crippen LogP contribution in [-0.4, -0.2) is 16.7 Å². The molecule has 1 atom stereocenters. The Labute approximate surface area is 121 Å². The minimum Gasteiger partial charge on any atom is -0.436 e. The number of H-pyrrole nitrogens is 1. The molecule has 0 amide bonds. The van der Waals surface area contributed by atoms with Gasteiger partial charge in [0.05, 0.1) is 4.47 Å². The summed E-state index contributed by atoms with van der Waals surface area (Å²) >= 11 is 3.54. The fraction of sp³-hybridized carbons (Fsp3) is 0.357. The Balaban J connectivity index is 2.15. The SMILES string of the molecule is CCNC(C)c1ccc(Oc2cc(C)[nH]n2)c(Br)c1. The van der Waals surface area contributed by atoms with Gasteiger partial charge in [-0.15, -0.1) is 5.10 Å². The van der Waals surface area contributed by atoms with Crippen LogP contribution in [0.5, 0.6) is 11.6 Å². The number of nitrogens with zero attached hydrogens (tertiary/aromatic N) is 1. The first-order chi connectivity index (χ1) is 9.10. The van der Waals surface area contributed by atoms with Crippen LogP contribution in [-0.2, 0) is 0 Å². The maximum Gasteiger partial charge on any atom is 0.238 e. The zero-order valence-electron chi connectivity index (χ0n) is 11.3. The van der Waals surface area contributed by atoms with E-state index < -0.39 is 0 Å². The number of halogens is 1. The molecule has 1 aromatic heterocycles. The molecule has 0 radical (unpaired) electrons. The molecule has 0 aliphatic heterocycles. The van der Waals surface area contributed by atoms with Gasteiger partial charge in [-0.3, -0.25) is 5.10 Å². The molecule has 0 fully saturated rings. The fourth-order valence-electron chi connectivity index (χ4n) is 1.85. The summed E-state index contributed by atoms with van der Waals surface area (Å²) in [4.78, 5) is 0. The van der Waals surface area contributed by atoms with Crippen LogP contribution in [0.1, 0.15) is 31.1 Å². The van der Waals surface area contributed by atoms with Crippen LogP contribution in [0.2, 0.25) is 0 Å². The van der Waals surface area contributed by atoms with Gasteiger partial charge in [-0.2, -0.15) is 0 Å². The number of aromatic nitrogens is 2. The molecule has 0 saturated carbocycles. The number of aryl methyl sites for hydroxylation is 1. The van der Waals surface area contributed by atoms with E-state index in [2.05, 4.69) is 57.4 Å². The lowest BCUT2D eigenvalue weighted by Crippen LogP contribution is -2.17. The highest BCUT2D eigenvalue weighted by Crippen LogP contribution is 2.31. The Hall–Kier alpha value is -1.33. The van der Waals surface area contributed by atoms with Gasteiger partial charge in [-0.25, -0.2) is 0 Å². The predicted octanol–water partition coefficient (Wildman–Crippen LogP) is 3.94. The molecule has 0 spiro atoms. The molecule has 0 aliphatic carbocycles. The first kappa shape index (κ1) is 14.1. The Morgan fingerprint density at radius 3 is 2.79 bits per heavy atom. The van der Waals surface area contributed by atoms with E-state index >= 15 is 0 Å². The van der Waals surface area contributed by atoms with Gasteiger partial charge in [0.2, 0.25) is 5.88 Å². The first-order valence-corrected chi connectivity index (χ1v) is 7.12. The summed E-state index contributed by atoms with van der Waals surface area (Å²) in [6.07, 6.45) is 0. The predicted molar refractivity (Wildman–Crippen MR) is 79.6 cm³/mol. The Bertz CT molecular complexity index is 553. The highest BCUT2D eigenvalue weighted by Gasteiger charge is 2.09. The fourth-order valence-corrected chi connectivity index (χ4v) is 2.33. The van der Waals surface area contributed by atoms with Gasteiger partial charge in [0.1, 0.15) is 5.75 Å². The van der Waals surface area contributed by atoms with Gasteiger partial charge >= 0.3 is 0 Å². The molecule has 1 unspecified atom stereocenters. The number of hydrogen-bond acceptors (Lipinski definition) is 3. The quantitative estimate of drug-likeness (QED) is 0.876. The summed E-state index contributed by atoms with van der Waals surface area (Å²) in [5.74, 6) is 1.34. The summed E-state index contributed by atoms with van der Waals surface area (Å²) in [7, 11) is 0. The molecule has 1 aromatic carbocycles. The molecule has 5 heteroatoms. The summed E-state index contributed by atoms with van der Waals surface area (Å²) in [6, 6.07) is 8.27. The van der Waals surface area contributed by atoms with Crippen LogP contribution >= 0.6 is 15.9 Å². The van der Waals surface area contributed by atoms with E-state index in [0.717, 1.165) is 22.5 Å². The van der Waals surface area contributed by atoms with Crippen LogP contribution in [0.4, 0.5) is 0 Å². The molecular formula is C14H18BrN3O. The maximum atomic E-state index is 5.72. The number of rotatable bonds is 5. The highest BCUT2D eigenvalue weighted by atomic mass is 79.9. The number of aromatic amines is 1. The second-order valence-electron chi connectivity index (χ2n) is 4.46. The first-order valence-electron chi connectivity index (χ1n) is 6.33. The monoisotopic (exact) mass is 323 g/mol. The summed E-state index contributed by atoms with van der Waals surface area (Å²) in [6.45, 7) is 7.13. The zero-order valence-corrected chi connectivity index (χ0v) is 12.9. The van der Waals surface area contributed by atoms with Crippen LogP contribution in [0.15, 0.2) is 28.7 Å². The Kier molecular flexibility index (Phi) is 4.61. The minimum absolute atomic E-state index is 0.322. The van der Waals surface area contributed by atoms with Gasteiger partial charge in [0.15, 0.2) is 0 Å². The van der Waals surface area contributed by atoms with Gasteiger partial charge in [-0.1, -0.05) is 13.0 Å². The lowest BCUT2D eigenvalue weighted by Gasteiger charge is -2.14. The molecule has 0 aliphatic rings. The van der Waals surface area contributed by atoms with Crippen molar-refractivity contribution in [3.63, 3.8) is 0 Å². The third-order valence-electron chi connectivity index (χ3n) is 2.86. The van der Waals surface area contributed by atoms with Crippen molar-refractivity contribution in [2.45, 2.75) is 26.8 Å². The smallest absolute Gasteiger partial charge is 0.238 e. The van der Waals surface area contributed by atoms with E-state index in [1.165, 1.54) is 5.56 Å². The third-order valence-corrected chi connectivity index (χ3v) is 3.48.